The first-order chi connectivity index (χ1) is 14.8. The van der Waals surface area contributed by atoms with Crippen molar-refractivity contribution in [3.63, 3.8) is 0 Å². The van der Waals surface area contributed by atoms with Gasteiger partial charge >= 0.3 is 0 Å². The van der Waals surface area contributed by atoms with Crippen LogP contribution in [0.5, 0.6) is 0 Å². The Kier molecular flexibility index (Phi) is 4.95. The molecule has 0 saturated heterocycles. The van der Waals surface area contributed by atoms with Crippen molar-refractivity contribution in [1.29, 1.82) is 0 Å². The van der Waals surface area contributed by atoms with Crippen LogP contribution < -0.4 is 0 Å². The summed E-state index contributed by atoms with van der Waals surface area (Å²) in [6.45, 7) is 1.54. The van der Waals surface area contributed by atoms with Crippen LogP contribution in [0.4, 0.5) is 0 Å². The molecule has 6 rings (SSSR count). The molecule has 30 heavy (non-hydrogen) atoms. The Balaban J connectivity index is 1.83. The molecule has 3 aliphatic carbocycles. The normalized spacial score (nSPS) is 23.0. The molecule has 0 unspecified atom stereocenters. The lowest BCUT2D eigenvalue weighted by molar-refractivity contribution is 0.0575. The Hall–Kier alpha value is -2.50. The summed E-state index contributed by atoms with van der Waals surface area (Å²) in [5.41, 5.74) is 6.51. The summed E-state index contributed by atoms with van der Waals surface area (Å²) in [5.74, 6) is 0. The van der Waals surface area contributed by atoms with Gasteiger partial charge in [0.25, 0.3) is 0 Å². The SMILES string of the molecule is OCCOCC12c3ccccc3C(COCCO)(c3ccccc31)c1ccccc12. The number of rotatable bonds is 8. The third-order valence-corrected chi connectivity index (χ3v) is 6.65. The number of benzene rings is 3. The van der Waals surface area contributed by atoms with Gasteiger partial charge in [0.2, 0.25) is 0 Å². The van der Waals surface area contributed by atoms with Gasteiger partial charge in [-0.25, -0.2) is 0 Å². The van der Waals surface area contributed by atoms with E-state index in [4.69, 9.17) is 9.47 Å². The molecule has 3 aliphatic rings. The Morgan fingerprint density at radius 1 is 0.500 bits per heavy atom. The summed E-state index contributed by atoms with van der Waals surface area (Å²) in [4.78, 5) is 0. The first-order valence-electron chi connectivity index (χ1n) is 10.5. The lowest BCUT2D eigenvalue weighted by Crippen LogP contribution is -2.54. The molecule has 0 saturated carbocycles. The largest absolute Gasteiger partial charge is 0.394 e. The molecule has 0 radical (unpaired) electrons. The predicted molar refractivity (Wildman–Crippen MR) is 115 cm³/mol. The first kappa shape index (κ1) is 19.5. The second-order valence-electron chi connectivity index (χ2n) is 8.00. The molecule has 4 nitrogen and oxygen atoms in total. The second-order valence-corrected chi connectivity index (χ2v) is 8.00. The van der Waals surface area contributed by atoms with Crippen molar-refractivity contribution in [2.45, 2.75) is 10.8 Å². The Morgan fingerprint density at radius 2 is 0.767 bits per heavy atom. The van der Waals surface area contributed by atoms with Crippen molar-refractivity contribution in [2.75, 3.05) is 39.6 Å². The molecule has 0 heterocycles. The van der Waals surface area contributed by atoms with Crippen LogP contribution in [0.3, 0.4) is 0 Å². The van der Waals surface area contributed by atoms with E-state index in [9.17, 15) is 10.2 Å². The van der Waals surface area contributed by atoms with Crippen molar-refractivity contribution in [3.05, 3.63) is 106 Å². The van der Waals surface area contributed by atoms with Crippen LogP contribution in [0, 0.1) is 0 Å². The van der Waals surface area contributed by atoms with Gasteiger partial charge in [0.15, 0.2) is 0 Å². The molecule has 0 atom stereocenters. The van der Waals surface area contributed by atoms with Gasteiger partial charge in [-0.1, -0.05) is 72.8 Å². The maximum atomic E-state index is 9.35. The van der Waals surface area contributed by atoms with Crippen molar-refractivity contribution >= 4 is 0 Å². The fourth-order valence-electron chi connectivity index (χ4n) is 5.60. The number of aliphatic hydroxyl groups is 2. The molecule has 154 valence electrons. The summed E-state index contributed by atoms with van der Waals surface area (Å²) >= 11 is 0. The zero-order chi connectivity index (χ0) is 20.6. The van der Waals surface area contributed by atoms with Crippen molar-refractivity contribution in [2.24, 2.45) is 0 Å². The molecule has 3 aromatic rings. The van der Waals surface area contributed by atoms with E-state index >= 15 is 0 Å². The van der Waals surface area contributed by atoms with Gasteiger partial charge in [-0.3, -0.25) is 0 Å². The topological polar surface area (TPSA) is 58.9 Å². The molecule has 3 aromatic carbocycles. The lowest BCUT2D eigenvalue weighted by atomic mass is 9.47. The Bertz CT molecular complexity index is 857. The van der Waals surface area contributed by atoms with E-state index in [-0.39, 0.29) is 13.2 Å². The molecular weight excluding hydrogens is 376 g/mol. The van der Waals surface area contributed by atoms with Crippen LogP contribution in [-0.4, -0.2) is 49.9 Å². The van der Waals surface area contributed by atoms with Gasteiger partial charge in [0.05, 0.1) is 50.5 Å². The van der Waals surface area contributed by atoms with Gasteiger partial charge in [-0.2, -0.15) is 0 Å². The zero-order valence-electron chi connectivity index (χ0n) is 16.9. The van der Waals surface area contributed by atoms with E-state index in [0.29, 0.717) is 26.4 Å². The van der Waals surface area contributed by atoms with Crippen LogP contribution in [0.2, 0.25) is 0 Å². The third-order valence-electron chi connectivity index (χ3n) is 6.65. The highest BCUT2D eigenvalue weighted by atomic mass is 16.5. The average Bonchev–Trinajstić information content (AvgIpc) is 2.81. The minimum atomic E-state index is -0.433. The summed E-state index contributed by atoms with van der Waals surface area (Å²) in [6.07, 6.45) is 0. The van der Waals surface area contributed by atoms with Gasteiger partial charge in [0, 0.05) is 0 Å². The number of hydrogen-bond acceptors (Lipinski definition) is 4. The predicted octanol–water partition coefficient (Wildman–Crippen LogP) is 3.00. The van der Waals surface area contributed by atoms with Crippen LogP contribution in [0.15, 0.2) is 72.8 Å². The summed E-state index contributed by atoms with van der Waals surface area (Å²) in [7, 11) is 0. The molecule has 2 bridgehead atoms. The van der Waals surface area contributed by atoms with Gasteiger partial charge in [-0.15, -0.1) is 0 Å². The average molecular weight is 402 g/mol. The van der Waals surface area contributed by atoms with E-state index in [1.165, 1.54) is 33.4 Å². The highest BCUT2D eigenvalue weighted by Gasteiger charge is 2.58. The van der Waals surface area contributed by atoms with Crippen LogP contribution in [0.1, 0.15) is 33.4 Å². The highest BCUT2D eigenvalue weighted by molar-refractivity contribution is 5.75. The molecule has 0 spiro atoms. The minimum absolute atomic E-state index is 0.0000419. The molecule has 0 amide bonds. The van der Waals surface area contributed by atoms with E-state index in [2.05, 4.69) is 72.8 Å². The van der Waals surface area contributed by atoms with Gasteiger partial charge in [0.1, 0.15) is 0 Å². The summed E-state index contributed by atoms with van der Waals surface area (Å²) in [5, 5.41) is 18.7. The Labute approximate surface area is 176 Å². The van der Waals surface area contributed by atoms with Crippen LogP contribution in [-0.2, 0) is 20.3 Å². The maximum absolute atomic E-state index is 9.35. The van der Waals surface area contributed by atoms with Crippen molar-refractivity contribution in [1.82, 2.24) is 0 Å². The molecule has 2 N–H and O–H groups in total. The lowest BCUT2D eigenvalue weighted by Gasteiger charge is -2.56. The molecule has 0 aromatic heterocycles. The monoisotopic (exact) mass is 402 g/mol. The number of hydrogen-bond donors (Lipinski definition) is 2. The summed E-state index contributed by atoms with van der Waals surface area (Å²) < 4.78 is 12.1. The fourth-order valence-corrected chi connectivity index (χ4v) is 5.60. The first-order valence-corrected chi connectivity index (χ1v) is 10.5. The van der Waals surface area contributed by atoms with Gasteiger partial charge < -0.3 is 19.7 Å². The van der Waals surface area contributed by atoms with Crippen molar-refractivity contribution < 1.29 is 19.7 Å². The zero-order valence-corrected chi connectivity index (χ0v) is 16.9. The smallest absolute Gasteiger partial charge is 0.0698 e. The van der Waals surface area contributed by atoms with Crippen molar-refractivity contribution in [3.8, 4) is 0 Å². The fraction of sp³-hybridized carbons (Fsp3) is 0.308. The standard InChI is InChI=1S/C26H26O4/c27-13-15-29-17-25-19-7-1-2-8-20(19)26(18-30-16-14-28,23-11-5-3-9-21(23)25)24-12-6-4-10-22(24)25/h1-12,27-28H,13-18H2. The quantitative estimate of drug-likeness (QED) is 0.569. The van der Waals surface area contributed by atoms with Crippen LogP contribution >= 0.6 is 0 Å². The van der Waals surface area contributed by atoms with Crippen LogP contribution in [0.25, 0.3) is 0 Å². The van der Waals surface area contributed by atoms with E-state index in [0.717, 1.165) is 0 Å². The van der Waals surface area contributed by atoms with Gasteiger partial charge in [-0.05, 0) is 33.4 Å². The van der Waals surface area contributed by atoms with E-state index in [1.807, 2.05) is 0 Å². The number of ether oxygens (including phenoxy) is 2. The summed E-state index contributed by atoms with van der Waals surface area (Å²) in [6, 6.07) is 25.7. The maximum Gasteiger partial charge on any atom is 0.0698 e. The molecular formula is C26H26O4. The Morgan fingerprint density at radius 3 is 1.00 bits per heavy atom. The van der Waals surface area contributed by atoms with E-state index in [1.54, 1.807) is 0 Å². The second kappa shape index (κ2) is 7.64. The third kappa shape index (κ3) is 2.48. The minimum Gasteiger partial charge on any atom is -0.394 e. The number of aliphatic hydroxyl groups excluding tert-OH is 2. The molecule has 4 heteroatoms. The molecule has 0 fully saturated rings. The highest BCUT2D eigenvalue weighted by Crippen LogP contribution is 2.61. The molecule has 0 aliphatic heterocycles. The van der Waals surface area contributed by atoms with E-state index < -0.39 is 10.8 Å².